The Morgan fingerprint density at radius 1 is 0.941 bits per heavy atom. The van der Waals surface area contributed by atoms with Crippen LogP contribution in [-0.2, 0) is 14.6 Å². The van der Waals surface area contributed by atoms with E-state index in [0.29, 0.717) is 48.6 Å². The number of allylic oxidation sites excluding steroid dienone is 3. The van der Waals surface area contributed by atoms with Gasteiger partial charge in [-0.25, -0.2) is 13.2 Å². The summed E-state index contributed by atoms with van der Waals surface area (Å²) in [6, 6.07) is 7.49. The number of rotatable bonds is 7. The van der Waals surface area contributed by atoms with Crippen molar-refractivity contribution in [3.8, 4) is 0 Å². The van der Waals surface area contributed by atoms with Crippen LogP contribution in [-0.4, -0.2) is 73.4 Å². The molecule has 7 rings (SSSR count). The Morgan fingerprint density at radius 3 is 2.24 bits per heavy atom. The lowest BCUT2D eigenvalue weighted by Gasteiger charge is -2.71. The number of Topliss-reactive ketones (excluding diaryl/α,β-unsaturated/α-hetero) is 1. The second-order valence-corrected chi connectivity index (χ2v) is 20.9. The maximum Gasteiger partial charge on any atom is 0.335 e. The van der Waals surface area contributed by atoms with Crippen LogP contribution in [0.2, 0.25) is 0 Å². The van der Waals surface area contributed by atoms with E-state index in [9.17, 15) is 23.1 Å². The summed E-state index contributed by atoms with van der Waals surface area (Å²) < 4.78 is 24.0. The predicted molar refractivity (Wildman–Crippen MR) is 207 cm³/mol. The topological polar surface area (TPSA) is 104 Å². The molecule has 2 N–H and O–H groups in total. The van der Waals surface area contributed by atoms with Gasteiger partial charge in [-0.3, -0.25) is 4.79 Å². The molecule has 6 aliphatic rings. The van der Waals surface area contributed by atoms with Crippen molar-refractivity contribution in [2.75, 3.05) is 37.7 Å². The molecule has 0 aromatic heterocycles. The SMILES string of the molecule is CC(C)C1=C2[C@H]3CC[C@@H]4[C@@]5(C)CC=C(c6ccc(C(=O)O)cc6)C(C)(C)[C@@H]5CC[C@@]4(C)[C@]3(C)CC[C@@]2(NCCN2CCS(=O)(=O)CC2)CC1=O.Cl. The molecule has 0 radical (unpaired) electrons. The molecule has 9 heteroatoms. The van der Waals surface area contributed by atoms with Gasteiger partial charge in [0.15, 0.2) is 15.6 Å². The van der Waals surface area contributed by atoms with E-state index >= 15 is 0 Å². The number of nitrogens with zero attached hydrogens (tertiary/aromatic N) is 1. The van der Waals surface area contributed by atoms with Crippen LogP contribution in [0.5, 0.6) is 0 Å². The van der Waals surface area contributed by atoms with Crippen molar-refractivity contribution >= 4 is 39.6 Å². The second kappa shape index (κ2) is 13.1. The number of benzene rings is 1. The minimum Gasteiger partial charge on any atom is -0.478 e. The Kier molecular flexibility index (Phi) is 9.94. The van der Waals surface area contributed by atoms with Crippen LogP contribution in [0.15, 0.2) is 41.5 Å². The highest BCUT2D eigenvalue weighted by Crippen LogP contribution is 2.76. The number of carbonyl (C=O) groups excluding carboxylic acids is 1. The molecule has 1 aromatic carbocycles. The molecule has 0 spiro atoms. The first-order valence-corrected chi connectivity index (χ1v) is 21.2. The highest BCUT2D eigenvalue weighted by atomic mass is 35.5. The van der Waals surface area contributed by atoms with Gasteiger partial charge >= 0.3 is 5.97 Å². The summed E-state index contributed by atoms with van der Waals surface area (Å²) in [5.74, 6) is 1.62. The minimum atomic E-state index is -2.91. The summed E-state index contributed by atoms with van der Waals surface area (Å²) in [5, 5.41) is 13.5. The summed E-state index contributed by atoms with van der Waals surface area (Å²) >= 11 is 0. The Labute approximate surface area is 312 Å². The van der Waals surface area contributed by atoms with Gasteiger partial charge in [0.05, 0.1) is 17.1 Å². The van der Waals surface area contributed by atoms with Gasteiger partial charge in [0.2, 0.25) is 0 Å². The Hall–Kier alpha value is -2.00. The molecule has 4 fully saturated rings. The second-order valence-electron chi connectivity index (χ2n) is 18.6. The van der Waals surface area contributed by atoms with Crippen LogP contribution in [0.4, 0.5) is 0 Å². The molecule has 0 bridgehead atoms. The largest absolute Gasteiger partial charge is 0.478 e. The van der Waals surface area contributed by atoms with Crippen molar-refractivity contribution in [1.29, 1.82) is 0 Å². The number of carboxylic acids is 1. The van der Waals surface area contributed by atoms with Crippen molar-refractivity contribution in [2.45, 2.75) is 105 Å². The molecule has 1 aromatic rings. The van der Waals surface area contributed by atoms with Crippen LogP contribution in [0, 0.1) is 45.3 Å². The van der Waals surface area contributed by atoms with E-state index in [0.717, 1.165) is 49.9 Å². The number of nitrogens with one attached hydrogen (secondary N) is 1. The van der Waals surface area contributed by atoms with E-state index in [1.54, 1.807) is 12.1 Å². The lowest BCUT2D eigenvalue weighted by atomic mass is 9.33. The molecule has 3 saturated carbocycles. The third kappa shape index (κ3) is 5.92. The van der Waals surface area contributed by atoms with Crippen LogP contribution < -0.4 is 5.32 Å². The molecule has 7 atom stereocenters. The van der Waals surface area contributed by atoms with Crippen LogP contribution in [0.3, 0.4) is 0 Å². The zero-order chi connectivity index (χ0) is 36.1. The van der Waals surface area contributed by atoms with Gasteiger partial charge in [-0.15, -0.1) is 12.4 Å². The van der Waals surface area contributed by atoms with Crippen molar-refractivity contribution in [2.24, 2.45) is 45.3 Å². The van der Waals surface area contributed by atoms with Crippen LogP contribution >= 0.6 is 12.4 Å². The van der Waals surface area contributed by atoms with Crippen LogP contribution in [0.25, 0.3) is 5.57 Å². The Balaban J connectivity index is 0.00000448. The molecule has 1 saturated heterocycles. The van der Waals surface area contributed by atoms with Crippen LogP contribution in [0.1, 0.15) is 116 Å². The first-order valence-electron chi connectivity index (χ1n) is 19.4. The summed E-state index contributed by atoms with van der Waals surface area (Å²) in [7, 11) is -2.91. The zero-order valence-electron chi connectivity index (χ0n) is 31.9. The lowest BCUT2D eigenvalue weighted by molar-refractivity contribution is -0.194. The summed E-state index contributed by atoms with van der Waals surface area (Å²) in [6.07, 6.45) is 10.9. The number of hydrogen-bond acceptors (Lipinski definition) is 6. The number of hydrogen-bond donors (Lipinski definition) is 2. The van der Waals surface area contributed by atoms with Crippen molar-refractivity contribution in [3.63, 3.8) is 0 Å². The first kappa shape index (κ1) is 38.7. The molecule has 0 unspecified atom stereocenters. The van der Waals surface area contributed by atoms with Gasteiger partial charge in [0.1, 0.15) is 0 Å². The molecular formula is C42H61ClN2O5S. The number of carbonyl (C=O) groups is 2. The zero-order valence-corrected chi connectivity index (χ0v) is 33.6. The lowest BCUT2D eigenvalue weighted by Crippen LogP contribution is -2.66. The van der Waals surface area contributed by atoms with Gasteiger partial charge in [0.25, 0.3) is 0 Å². The van der Waals surface area contributed by atoms with Crippen molar-refractivity contribution in [1.82, 2.24) is 10.2 Å². The van der Waals surface area contributed by atoms with E-state index < -0.39 is 15.8 Å². The molecule has 5 aliphatic carbocycles. The number of carboxylic acid groups (broad SMARTS) is 1. The minimum absolute atomic E-state index is 0. The highest BCUT2D eigenvalue weighted by molar-refractivity contribution is 7.91. The van der Waals surface area contributed by atoms with E-state index in [-0.39, 0.29) is 57.0 Å². The number of sulfone groups is 1. The molecule has 282 valence electrons. The number of aromatic carboxylic acids is 1. The van der Waals surface area contributed by atoms with E-state index in [4.69, 9.17) is 0 Å². The van der Waals surface area contributed by atoms with Gasteiger partial charge < -0.3 is 15.3 Å². The summed E-state index contributed by atoms with van der Waals surface area (Å²) in [6.45, 7) is 19.9. The Morgan fingerprint density at radius 2 is 1.61 bits per heavy atom. The fraction of sp³-hybridized carbons (Fsp3) is 0.714. The predicted octanol–water partition coefficient (Wildman–Crippen LogP) is 7.85. The fourth-order valence-electron chi connectivity index (χ4n) is 13.1. The maximum absolute atomic E-state index is 14.0. The molecule has 0 amide bonds. The van der Waals surface area contributed by atoms with Gasteiger partial charge in [-0.1, -0.05) is 66.7 Å². The molecule has 51 heavy (non-hydrogen) atoms. The molecule has 7 nitrogen and oxygen atoms in total. The third-order valence-corrected chi connectivity index (χ3v) is 17.4. The summed E-state index contributed by atoms with van der Waals surface area (Å²) in [4.78, 5) is 27.8. The number of fused-ring (bicyclic) bond motifs is 7. The smallest absolute Gasteiger partial charge is 0.335 e. The average molecular weight is 741 g/mol. The quantitative estimate of drug-likeness (QED) is 0.294. The standard InChI is InChI=1S/C42H60N2O5S.ClH/c1-27(2)35-32(45)26-42(43-20-21-44-22-24-50(48,49)25-23-44)19-18-40(6)31(36(35)42)12-13-34-39(5)16-14-30(28-8-10-29(11-9-28)37(46)47)38(3,4)33(39)15-17-41(34,40)7;/h8-11,14,27,31,33-34,43H,12-13,15-26H2,1-7H3,(H,46,47);1H/t31-,33+,34-,39+,40-,41-,42-;/m1./s1. The highest BCUT2D eigenvalue weighted by Gasteiger charge is 2.69. The van der Waals surface area contributed by atoms with E-state index in [1.807, 2.05) is 12.1 Å². The number of ketones is 1. The third-order valence-electron chi connectivity index (χ3n) is 15.8. The Bertz CT molecular complexity index is 1740. The van der Waals surface area contributed by atoms with Gasteiger partial charge in [-0.2, -0.15) is 0 Å². The van der Waals surface area contributed by atoms with E-state index in [1.165, 1.54) is 30.4 Å². The summed E-state index contributed by atoms with van der Waals surface area (Å²) in [5.41, 5.74) is 5.45. The van der Waals surface area contributed by atoms with E-state index in [2.05, 4.69) is 64.8 Å². The number of halogens is 1. The van der Waals surface area contributed by atoms with Crippen molar-refractivity contribution < 1.29 is 23.1 Å². The average Bonchev–Trinajstić information content (AvgIpc) is 3.34. The normalized spacial score (nSPS) is 38.5. The molecule has 1 aliphatic heterocycles. The fourth-order valence-corrected chi connectivity index (χ4v) is 14.4. The van der Waals surface area contributed by atoms with Gasteiger partial charge in [-0.05, 0) is 125 Å². The monoisotopic (exact) mass is 740 g/mol. The van der Waals surface area contributed by atoms with Crippen molar-refractivity contribution in [3.05, 3.63) is 52.6 Å². The maximum atomic E-state index is 14.0. The molecule has 1 heterocycles. The van der Waals surface area contributed by atoms with Gasteiger partial charge in [0, 0.05) is 38.1 Å². The first-order chi connectivity index (χ1) is 23.4. The molecular weight excluding hydrogens is 680 g/mol.